The lowest BCUT2D eigenvalue weighted by molar-refractivity contribution is -0.120. The summed E-state index contributed by atoms with van der Waals surface area (Å²) in [5, 5.41) is 5.82. The van der Waals surface area contributed by atoms with Gasteiger partial charge in [0, 0.05) is 23.4 Å². The summed E-state index contributed by atoms with van der Waals surface area (Å²) in [4.78, 5) is 36.8. The van der Waals surface area contributed by atoms with E-state index in [0.29, 0.717) is 46.6 Å². The van der Waals surface area contributed by atoms with E-state index in [2.05, 4.69) is 45.3 Å². The number of aryl methyl sites for hydroxylation is 2. The molecule has 0 aliphatic heterocycles. The minimum atomic E-state index is -0.482. The number of amides is 2. The van der Waals surface area contributed by atoms with Gasteiger partial charge in [0.2, 0.25) is 11.8 Å². The first-order valence-electron chi connectivity index (χ1n) is 14.7. The van der Waals surface area contributed by atoms with Crippen LogP contribution < -0.4 is 15.4 Å². The zero-order valence-corrected chi connectivity index (χ0v) is 26.4. The quantitative estimate of drug-likeness (QED) is 0.137. The molecule has 226 valence electrons. The van der Waals surface area contributed by atoms with Crippen LogP contribution in [0.2, 0.25) is 0 Å². The third-order valence-electron chi connectivity index (χ3n) is 6.96. The Kier molecular flexibility index (Phi) is 11.6. The van der Waals surface area contributed by atoms with Crippen LogP contribution in [0.5, 0.6) is 11.6 Å². The third-order valence-corrected chi connectivity index (χ3v) is 6.96. The number of rotatable bonds is 12. The van der Waals surface area contributed by atoms with E-state index < -0.39 is 5.41 Å². The van der Waals surface area contributed by atoms with E-state index in [9.17, 15) is 9.59 Å². The van der Waals surface area contributed by atoms with Crippen molar-refractivity contribution >= 4 is 29.0 Å². The first-order chi connectivity index (χ1) is 20.4. The SMILES string of the molecule is C#CC(C)(C)c1cccc(C(=O)Nc2ccc(C)c(Oc3ccc(N=C(C)NC(=O)CN(CCC)CCC)c(C)n3)c2)c1. The molecular formula is C35H43N5O3. The van der Waals surface area contributed by atoms with Gasteiger partial charge >= 0.3 is 0 Å². The molecule has 8 nitrogen and oxygen atoms in total. The number of terminal acetylenes is 1. The second-order valence-corrected chi connectivity index (χ2v) is 11.2. The Bertz CT molecular complexity index is 1510. The van der Waals surface area contributed by atoms with Gasteiger partial charge in [0.25, 0.3) is 5.91 Å². The summed E-state index contributed by atoms with van der Waals surface area (Å²) in [6.07, 6.45) is 7.67. The number of nitrogens with one attached hydrogen (secondary N) is 2. The summed E-state index contributed by atoms with van der Waals surface area (Å²) in [5.74, 6) is 3.90. The summed E-state index contributed by atoms with van der Waals surface area (Å²) >= 11 is 0. The molecule has 0 aliphatic rings. The van der Waals surface area contributed by atoms with Crippen molar-refractivity contribution < 1.29 is 14.3 Å². The number of anilines is 1. The fourth-order valence-corrected chi connectivity index (χ4v) is 4.50. The number of pyridine rings is 1. The smallest absolute Gasteiger partial charge is 0.255 e. The highest BCUT2D eigenvalue weighted by molar-refractivity contribution is 6.04. The number of nitrogens with zero attached hydrogens (tertiary/aromatic N) is 3. The highest BCUT2D eigenvalue weighted by atomic mass is 16.5. The lowest BCUT2D eigenvalue weighted by Crippen LogP contribution is -2.39. The van der Waals surface area contributed by atoms with Crippen LogP contribution in [0.25, 0.3) is 0 Å². The minimum absolute atomic E-state index is 0.0831. The van der Waals surface area contributed by atoms with Crippen LogP contribution in [0.1, 0.15) is 74.6 Å². The van der Waals surface area contributed by atoms with E-state index in [0.717, 1.165) is 37.1 Å². The number of hydrogen-bond acceptors (Lipinski definition) is 6. The van der Waals surface area contributed by atoms with Gasteiger partial charge in [0.15, 0.2) is 0 Å². The van der Waals surface area contributed by atoms with E-state index in [1.54, 1.807) is 31.2 Å². The lowest BCUT2D eigenvalue weighted by atomic mass is 9.85. The van der Waals surface area contributed by atoms with E-state index in [4.69, 9.17) is 11.2 Å². The number of amidine groups is 1. The molecule has 43 heavy (non-hydrogen) atoms. The van der Waals surface area contributed by atoms with Crippen LogP contribution >= 0.6 is 0 Å². The Labute approximate surface area is 256 Å². The molecule has 2 aromatic carbocycles. The van der Waals surface area contributed by atoms with Gasteiger partial charge in [0.05, 0.1) is 23.3 Å². The van der Waals surface area contributed by atoms with Crippen LogP contribution in [0.15, 0.2) is 59.6 Å². The molecule has 0 saturated heterocycles. The predicted octanol–water partition coefficient (Wildman–Crippen LogP) is 6.94. The van der Waals surface area contributed by atoms with Gasteiger partial charge in [-0.05, 0) is 95.9 Å². The number of aromatic nitrogens is 1. The maximum Gasteiger partial charge on any atom is 0.255 e. The van der Waals surface area contributed by atoms with Gasteiger partial charge in [-0.25, -0.2) is 9.98 Å². The number of aliphatic imine (C=N–C) groups is 1. The fraction of sp³-hybridized carbons (Fsp3) is 0.371. The summed E-state index contributed by atoms with van der Waals surface area (Å²) in [6, 6.07) is 16.3. The number of ether oxygens (including phenoxy) is 1. The van der Waals surface area contributed by atoms with E-state index >= 15 is 0 Å². The molecule has 8 heteroatoms. The molecular weight excluding hydrogens is 538 g/mol. The largest absolute Gasteiger partial charge is 0.439 e. The van der Waals surface area contributed by atoms with Crippen molar-refractivity contribution in [3.05, 3.63) is 77.0 Å². The molecule has 3 aromatic rings. The first-order valence-corrected chi connectivity index (χ1v) is 14.7. The maximum absolute atomic E-state index is 13.0. The Morgan fingerprint density at radius 2 is 1.77 bits per heavy atom. The van der Waals surface area contributed by atoms with E-state index in [1.165, 1.54) is 0 Å². The van der Waals surface area contributed by atoms with Crippen LogP contribution in [-0.2, 0) is 10.2 Å². The standard InChI is InChI=1S/C35H43N5O3/c1-9-19-40(20-10-2)23-32(41)38-26(6)37-30-17-18-33(36-25(30)5)43-31-22-29(16-15-24(31)4)39-34(42)27-13-12-14-28(21-27)35(7,8)11-3/h3,12-18,21-22H,9-10,19-20,23H2,1-2,4-8H3,(H,39,42)(H,37,38,41). The Morgan fingerprint density at radius 1 is 1.05 bits per heavy atom. The molecule has 3 rings (SSSR count). The van der Waals surface area contributed by atoms with Gasteiger partial charge in [0.1, 0.15) is 11.6 Å². The lowest BCUT2D eigenvalue weighted by Gasteiger charge is -2.20. The highest BCUT2D eigenvalue weighted by Crippen LogP contribution is 2.30. The number of hydrogen-bond donors (Lipinski definition) is 2. The third kappa shape index (κ3) is 9.52. The molecule has 0 fully saturated rings. The molecule has 0 atom stereocenters. The number of benzene rings is 2. The zero-order valence-electron chi connectivity index (χ0n) is 26.4. The molecule has 0 radical (unpaired) electrons. The average Bonchev–Trinajstić information content (AvgIpc) is 2.96. The molecule has 0 aliphatic carbocycles. The van der Waals surface area contributed by atoms with Crippen LogP contribution in [-0.4, -0.2) is 47.2 Å². The van der Waals surface area contributed by atoms with Crippen molar-refractivity contribution in [1.82, 2.24) is 15.2 Å². The summed E-state index contributed by atoms with van der Waals surface area (Å²) in [5.41, 5.74) is 3.70. The van der Waals surface area contributed by atoms with Crippen molar-refractivity contribution in [2.24, 2.45) is 4.99 Å². The van der Waals surface area contributed by atoms with Crippen molar-refractivity contribution in [2.75, 3.05) is 25.0 Å². The highest BCUT2D eigenvalue weighted by Gasteiger charge is 2.19. The predicted molar refractivity (Wildman–Crippen MR) is 174 cm³/mol. The molecule has 1 aromatic heterocycles. The summed E-state index contributed by atoms with van der Waals surface area (Å²) < 4.78 is 6.10. The van der Waals surface area contributed by atoms with Gasteiger partial charge in [-0.2, -0.15) is 0 Å². The molecule has 2 N–H and O–H groups in total. The Hall–Kier alpha value is -4.48. The maximum atomic E-state index is 13.0. The molecule has 0 unspecified atom stereocenters. The first kappa shape index (κ1) is 33.0. The number of carbonyl (C=O) groups is 2. The topological polar surface area (TPSA) is 95.9 Å². The molecule has 0 spiro atoms. The van der Waals surface area contributed by atoms with Crippen LogP contribution in [0.3, 0.4) is 0 Å². The van der Waals surface area contributed by atoms with Gasteiger partial charge in [-0.1, -0.05) is 38.0 Å². The summed E-state index contributed by atoms with van der Waals surface area (Å²) in [6.45, 7) is 15.7. The van der Waals surface area contributed by atoms with Gasteiger partial charge in [-0.3, -0.25) is 14.5 Å². The minimum Gasteiger partial charge on any atom is -0.439 e. The zero-order chi connectivity index (χ0) is 31.6. The summed E-state index contributed by atoms with van der Waals surface area (Å²) in [7, 11) is 0. The Balaban J connectivity index is 1.69. The van der Waals surface area contributed by atoms with Gasteiger partial charge in [-0.15, -0.1) is 6.42 Å². The van der Waals surface area contributed by atoms with Gasteiger partial charge < -0.3 is 15.4 Å². The van der Waals surface area contributed by atoms with Crippen molar-refractivity contribution in [2.45, 2.75) is 66.7 Å². The molecule has 1 heterocycles. The monoisotopic (exact) mass is 581 g/mol. The molecule has 0 saturated carbocycles. The normalized spacial score (nSPS) is 11.7. The van der Waals surface area contributed by atoms with Crippen molar-refractivity contribution in [1.29, 1.82) is 0 Å². The fourth-order valence-electron chi connectivity index (χ4n) is 4.50. The average molecular weight is 582 g/mol. The molecule has 0 bridgehead atoms. The van der Waals surface area contributed by atoms with Crippen LogP contribution in [0, 0.1) is 26.2 Å². The van der Waals surface area contributed by atoms with E-state index in [-0.39, 0.29) is 11.8 Å². The Morgan fingerprint density at radius 3 is 2.42 bits per heavy atom. The number of carbonyl (C=O) groups excluding carboxylic acids is 2. The van der Waals surface area contributed by atoms with Crippen molar-refractivity contribution in [3.63, 3.8) is 0 Å². The van der Waals surface area contributed by atoms with E-state index in [1.807, 2.05) is 58.0 Å². The molecule has 2 amide bonds. The second kappa shape index (κ2) is 15.1. The van der Waals surface area contributed by atoms with Crippen molar-refractivity contribution in [3.8, 4) is 24.0 Å². The van der Waals surface area contributed by atoms with Crippen LogP contribution in [0.4, 0.5) is 11.4 Å². The second-order valence-electron chi connectivity index (χ2n) is 11.2.